The molecule has 7 nitrogen and oxygen atoms in total. The van der Waals surface area contributed by atoms with Crippen molar-refractivity contribution in [3.63, 3.8) is 0 Å². The fraction of sp³-hybridized carbons (Fsp3) is 0.400. The van der Waals surface area contributed by atoms with Crippen molar-refractivity contribution in [1.82, 2.24) is 0 Å². The zero-order chi connectivity index (χ0) is 14.0. The monoisotopic (exact) mass is 301 g/mol. The summed E-state index contributed by atoms with van der Waals surface area (Å²) >= 11 is -3.82. The van der Waals surface area contributed by atoms with E-state index in [4.69, 9.17) is 0 Å². The molecule has 0 bridgehead atoms. The molecule has 0 heterocycles. The number of alkyl halides is 3. The molecule has 0 aliphatic carbocycles. The number of hydrogen-bond acceptors (Lipinski definition) is 5. The predicted molar refractivity (Wildman–Crippen MR) is 47.5 cm³/mol. The minimum absolute atomic E-state index is 0. The Balaban J connectivity index is 0. The largest absolute Gasteiger partial charge is 1.00 e. The predicted octanol–water partition coefficient (Wildman–Crippen LogP) is -4.25. The maximum atomic E-state index is 12.0. The third kappa shape index (κ3) is 4.56. The van der Waals surface area contributed by atoms with Crippen molar-refractivity contribution < 1.29 is 57.4 Å². The van der Waals surface area contributed by atoms with Crippen LogP contribution >= 0.6 is 0 Å². The van der Waals surface area contributed by atoms with E-state index in [9.17, 15) is 35.1 Å². The van der Waals surface area contributed by atoms with E-state index < -0.39 is 41.7 Å². The van der Waals surface area contributed by atoms with E-state index >= 15 is 0 Å². The van der Waals surface area contributed by atoms with Gasteiger partial charge in [0.2, 0.25) is 5.87 Å². The van der Waals surface area contributed by atoms with Gasteiger partial charge in [-0.25, -0.2) is 0 Å². The SMILES string of the molecule is CC(=C=[N+](S(=O)[O-])S(=O)(=O)C(F)(F)F)C(N)=O.[Li+]. The van der Waals surface area contributed by atoms with Gasteiger partial charge >= 0.3 is 34.4 Å². The smallest absolute Gasteiger partial charge is 0.714 e. The van der Waals surface area contributed by atoms with Crippen molar-refractivity contribution in [3.05, 3.63) is 5.57 Å². The van der Waals surface area contributed by atoms with Crippen LogP contribution in [0.25, 0.3) is 0 Å². The van der Waals surface area contributed by atoms with Crippen molar-refractivity contribution in [2.24, 2.45) is 5.73 Å². The molecule has 0 saturated carbocycles. The molecule has 0 radical (unpaired) electrons. The molecule has 0 saturated heterocycles. The summed E-state index contributed by atoms with van der Waals surface area (Å²) in [6.45, 7) is 0.800. The summed E-state index contributed by atoms with van der Waals surface area (Å²) in [5.74, 6) is -0.104. The number of primary amides is 1. The van der Waals surface area contributed by atoms with Gasteiger partial charge in [0.25, 0.3) is 17.2 Å². The topological polar surface area (TPSA) is 120 Å². The van der Waals surface area contributed by atoms with Crippen LogP contribution in [0, 0.1) is 0 Å². The van der Waals surface area contributed by atoms with Gasteiger partial charge in [-0.15, -0.1) is 0 Å². The van der Waals surface area contributed by atoms with Gasteiger partial charge in [0, 0.05) is 3.39 Å². The van der Waals surface area contributed by atoms with E-state index in [2.05, 4.69) is 5.73 Å². The zero-order valence-electron chi connectivity index (χ0n) is 9.02. The van der Waals surface area contributed by atoms with Crippen molar-refractivity contribution in [2.75, 3.05) is 0 Å². The number of halogens is 3. The van der Waals surface area contributed by atoms with Crippen LogP contribution in [0.1, 0.15) is 6.92 Å². The summed E-state index contributed by atoms with van der Waals surface area (Å²) in [5.41, 5.74) is -2.06. The van der Waals surface area contributed by atoms with E-state index in [0.29, 0.717) is 0 Å². The number of carbonyl (C=O) groups excluding carboxylic acids is 1. The van der Waals surface area contributed by atoms with Crippen LogP contribution in [0.15, 0.2) is 5.57 Å². The Labute approximate surface area is 114 Å². The summed E-state index contributed by atoms with van der Waals surface area (Å²) in [6, 6.07) is 0. The molecular weight excluding hydrogens is 296 g/mol. The van der Waals surface area contributed by atoms with E-state index in [-0.39, 0.29) is 18.9 Å². The fourth-order valence-corrected chi connectivity index (χ4v) is 2.01. The van der Waals surface area contributed by atoms with Gasteiger partial charge in [0.15, 0.2) is 0 Å². The fourth-order valence-electron chi connectivity index (χ4n) is 0.464. The second kappa shape index (κ2) is 6.51. The van der Waals surface area contributed by atoms with E-state index in [1.165, 1.54) is 5.87 Å². The van der Waals surface area contributed by atoms with Crippen LogP contribution in [-0.4, -0.2) is 37.9 Å². The summed E-state index contributed by atoms with van der Waals surface area (Å²) < 4.78 is 77.1. The van der Waals surface area contributed by atoms with Gasteiger partial charge in [-0.2, -0.15) is 25.8 Å². The van der Waals surface area contributed by atoms with E-state index in [0.717, 1.165) is 6.92 Å². The van der Waals surface area contributed by atoms with Gasteiger partial charge < -0.3 is 10.3 Å². The summed E-state index contributed by atoms with van der Waals surface area (Å²) in [4.78, 5) is 10.5. The molecule has 18 heavy (non-hydrogen) atoms. The number of hydrogen-bond donors (Lipinski definition) is 1. The molecule has 0 rings (SSSR count). The maximum Gasteiger partial charge on any atom is 1.00 e. The quantitative estimate of drug-likeness (QED) is 0.186. The van der Waals surface area contributed by atoms with Crippen LogP contribution in [0.4, 0.5) is 13.2 Å². The molecule has 98 valence electrons. The molecule has 1 atom stereocenters. The first-order valence-corrected chi connectivity index (χ1v) is 5.99. The Hall–Kier alpha value is -0.633. The maximum absolute atomic E-state index is 12.0. The van der Waals surface area contributed by atoms with Gasteiger partial charge in [0.1, 0.15) is 5.57 Å². The van der Waals surface area contributed by atoms with Crippen LogP contribution in [-0.2, 0) is 26.1 Å². The molecule has 0 fully saturated rings. The number of carbonyl (C=O) groups is 1. The molecule has 1 amide bonds. The second-order valence-corrected chi connectivity index (χ2v) is 5.30. The minimum Gasteiger partial charge on any atom is -0.714 e. The molecule has 2 N–H and O–H groups in total. The van der Waals surface area contributed by atoms with Crippen LogP contribution in [0.2, 0.25) is 0 Å². The van der Waals surface area contributed by atoms with Crippen molar-refractivity contribution >= 4 is 33.1 Å². The Morgan fingerprint density at radius 3 is 2.06 bits per heavy atom. The standard InChI is InChI=1S/C5H5F3N2O5S2.Li/c1-3(4(9)11)2-10(16(12)13)17(14,15)5(6,7)8;/h1H3,(H2-,9,11,12,13);/q;+1. The third-order valence-corrected chi connectivity index (χ3v) is 3.70. The normalized spacial score (nSPS) is 12.9. The molecule has 13 heteroatoms. The van der Waals surface area contributed by atoms with Crippen molar-refractivity contribution in [3.8, 4) is 0 Å². The number of amides is 1. The molecule has 0 aromatic carbocycles. The Kier molecular flexibility index (Phi) is 7.12. The molecule has 0 aromatic rings. The molecule has 0 aliphatic heterocycles. The number of nitrogens with two attached hydrogens (primary N) is 1. The Morgan fingerprint density at radius 1 is 1.44 bits per heavy atom. The second-order valence-electron chi connectivity index (χ2n) is 2.50. The average Bonchev–Trinajstić information content (AvgIpc) is 2.10. The Morgan fingerprint density at radius 2 is 1.83 bits per heavy atom. The van der Waals surface area contributed by atoms with Gasteiger partial charge in [0.05, 0.1) is 0 Å². The van der Waals surface area contributed by atoms with Gasteiger partial charge in [-0.05, 0) is 6.92 Å². The first-order chi connectivity index (χ1) is 7.41. The number of rotatable bonds is 3. The summed E-state index contributed by atoms with van der Waals surface area (Å²) in [5, 5.41) is 0. The zero-order valence-corrected chi connectivity index (χ0v) is 10.6. The molecule has 0 aliphatic rings. The number of nitrogens with zero attached hydrogens (tertiary/aromatic N) is 1. The van der Waals surface area contributed by atoms with E-state index in [1.54, 1.807) is 0 Å². The van der Waals surface area contributed by atoms with Crippen LogP contribution < -0.4 is 24.6 Å². The molecular formula is C5H5F3LiN2O5S2+. The molecule has 0 aromatic heterocycles. The van der Waals surface area contributed by atoms with Crippen LogP contribution in [0.5, 0.6) is 0 Å². The van der Waals surface area contributed by atoms with Crippen molar-refractivity contribution in [2.45, 2.75) is 12.4 Å². The molecule has 0 spiro atoms. The first kappa shape index (κ1) is 19.7. The summed E-state index contributed by atoms with van der Waals surface area (Å²) in [7, 11) is -6.19. The van der Waals surface area contributed by atoms with Gasteiger partial charge in [-0.3, -0.25) is 4.79 Å². The Bertz CT molecular complexity index is 534. The van der Waals surface area contributed by atoms with Gasteiger partial charge in [-0.1, -0.05) is 0 Å². The average molecular weight is 301 g/mol. The summed E-state index contributed by atoms with van der Waals surface area (Å²) in [6.07, 6.45) is 0. The van der Waals surface area contributed by atoms with Crippen molar-refractivity contribution in [1.29, 1.82) is 0 Å². The number of sulfonamides is 1. The third-order valence-electron chi connectivity index (χ3n) is 1.27. The minimum atomic E-state index is -6.19. The van der Waals surface area contributed by atoms with E-state index in [1.807, 2.05) is 0 Å². The van der Waals surface area contributed by atoms with Crippen LogP contribution in [0.3, 0.4) is 0 Å². The molecule has 1 unspecified atom stereocenters. The first-order valence-electron chi connectivity index (χ1n) is 3.52.